The van der Waals surface area contributed by atoms with E-state index in [1.54, 1.807) is 6.92 Å². The number of anilines is 1. The van der Waals surface area contributed by atoms with E-state index in [0.717, 1.165) is 0 Å². The van der Waals surface area contributed by atoms with Gasteiger partial charge in [-0.05, 0) is 0 Å². The standard InChI is InChI=1S/C13H15N5O5/c1-2-3-22-9-8(20)6(4-19)23-12(9)18-5-15-7-10(18)16-13(14)17-11(7)21/h5-6,8-9,12,19-20H,4H2,1H3,(H3,14,16,17,21)/t6-,8+,9-,12-/m1/s1. The highest BCUT2D eigenvalue weighted by Crippen LogP contribution is 2.32. The van der Waals surface area contributed by atoms with Gasteiger partial charge in [0, 0.05) is 6.92 Å². The molecule has 1 saturated heterocycles. The zero-order chi connectivity index (χ0) is 16.6. The maximum Gasteiger partial charge on any atom is 0.280 e. The fraction of sp³-hybridized carbons (Fsp3) is 0.462. The largest absolute Gasteiger partial charge is 0.436 e. The van der Waals surface area contributed by atoms with Gasteiger partial charge in [0.2, 0.25) is 5.95 Å². The minimum Gasteiger partial charge on any atom is -0.436 e. The van der Waals surface area contributed by atoms with Crippen LogP contribution in [0.4, 0.5) is 5.95 Å². The van der Waals surface area contributed by atoms with Gasteiger partial charge in [-0.1, -0.05) is 5.92 Å². The van der Waals surface area contributed by atoms with Gasteiger partial charge >= 0.3 is 0 Å². The Kier molecular flexibility index (Phi) is 3.91. The summed E-state index contributed by atoms with van der Waals surface area (Å²) in [5.41, 5.74) is 5.32. The van der Waals surface area contributed by atoms with Gasteiger partial charge in [-0.2, -0.15) is 4.98 Å². The number of hydrogen-bond donors (Lipinski definition) is 4. The van der Waals surface area contributed by atoms with E-state index in [1.807, 2.05) is 0 Å². The van der Waals surface area contributed by atoms with Crippen LogP contribution in [0.1, 0.15) is 13.2 Å². The first-order valence-electron chi connectivity index (χ1n) is 6.81. The third-order valence-corrected chi connectivity index (χ3v) is 3.51. The van der Waals surface area contributed by atoms with Crippen molar-refractivity contribution in [1.82, 2.24) is 19.5 Å². The monoisotopic (exact) mass is 321 g/mol. The number of imidazole rings is 1. The van der Waals surface area contributed by atoms with Crippen LogP contribution in [0.15, 0.2) is 11.1 Å². The molecule has 2 aromatic heterocycles. The lowest BCUT2D eigenvalue weighted by Gasteiger charge is -2.19. The minimum absolute atomic E-state index is 0.0741. The summed E-state index contributed by atoms with van der Waals surface area (Å²) < 4.78 is 12.3. The number of aliphatic hydroxyl groups excluding tert-OH is 2. The summed E-state index contributed by atoms with van der Waals surface area (Å²) in [6, 6.07) is 0. The molecular formula is C13H15N5O5. The maximum absolute atomic E-state index is 11.8. The molecule has 0 spiro atoms. The van der Waals surface area contributed by atoms with E-state index in [0.29, 0.717) is 0 Å². The molecule has 4 atom stereocenters. The molecule has 1 aliphatic heterocycles. The molecule has 0 saturated carbocycles. The third kappa shape index (κ3) is 2.50. The Morgan fingerprint density at radius 3 is 3.09 bits per heavy atom. The van der Waals surface area contributed by atoms with Crippen molar-refractivity contribution in [3.63, 3.8) is 0 Å². The van der Waals surface area contributed by atoms with Crippen LogP contribution < -0.4 is 11.3 Å². The van der Waals surface area contributed by atoms with Crippen molar-refractivity contribution in [2.75, 3.05) is 12.3 Å². The van der Waals surface area contributed by atoms with Gasteiger partial charge in [0.15, 0.2) is 23.5 Å². The molecule has 3 rings (SSSR count). The quantitative estimate of drug-likeness (QED) is 0.490. The normalized spacial score (nSPS) is 26.9. The summed E-state index contributed by atoms with van der Waals surface area (Å²) >= 11 is 0. The Balaban J connectivity index is 2.08. The summed E-state index contributed by atoms with van der Waals surface area (Å²) in [4.78, 5) is 22.2. The number of rotatable bonds is 3. The number of H-pyrrole nitrogens is 1. The molecule has 3 heterocycles. The third-order valence-electron chi connectivity index (χ3n) is 3.51. The number of nitrogen functional groups attached to an aromatic ring is 1. The topological polar surface area (TPSA) is 149 Å². The average Bonchev–Trinajstić information content (AvgIpc) is 3.06. The molecule has 1 aliphatic rings. The van der Waals surface area contributed by atoms with Crippen LogP contribution in [0.2, 0.25) is 0 Å². The molecule has 0 bridgehead atoms. The van der Waals surface area contributed by atoms with Crippen molar-refractivity contribution in [3.8, 4) is 12.0 Å². The smallest absolute Gasteiger partial charge is 0.280 e. The van der Waals surface area contributed by atoms with Crippen molar-refractivity contribution >= 4 is 17.1 Å². The predicted octanol–water partition coefficient (Wildman–Crippen LogP) is -1.68. The Morgan fingerprint density at radius 2 is 2.39 bits per heavy atom. The lowest BCUT2D eigenvalue weighted by Crippen LogP contribution is -2.34. The Hall–Kier alpha value is -2.61. The molecule has 1 fully saturated rings. The van der Waals surface area contributed by atoms with Gasteiger partial charge in [0.1, 0.15) is 18.3 Å². The maximum atomic E-state index is 11.8. The fourth-order valence-corrected chi connectivity index (χ4v) is 2.48. The SMILES string of the molecule is CC#CO[C@@H]1[C@@H](O)[C@@H](CO)O[C@H]1n1cnc2c(=O)[nH]c(N)nc21. The van der Waals surface area contributed by atoms with Crippen LogP contribution in [-0.2, 0) is 9.47 Å². The second-order valence-corrected chi connectivity index (χ2v) is 4.95. The van der Waals surface area contributed by atoms with Crippen LogP contribution in [-0.4, -0.2) is 54.7 Å². The Bertz CT molecular complexity index is 835. The zero-order valence-corrected chi connectivity index (χ0v) is 12.1. The van der Waals surface area contributed by atoms with E-state index in [4.69, 9.17) is 15.2 Å². The molecule has 10 nitrogen and oxygen atoms in total. The average molecular weight is 321 g/mol. The van der Waals surface area contributed by atoms with E-state index in [9.17, 15) is 15.0 Å². The highest BCUT2D eigenvalue weighted by molar-refractivity contribution is 5.70. The summed E-state index contributed by atoms with van der Waals surface area (Å²) in [6.45, 7) is 1.18. The summed E-state index contributed by atoms with van der Waals surface area (Å²) in [5, 5.41) is 19.5. The van der Waals surface area contributed by atoms with Crippen molar-refractivity contribution in [2.24, 2.45) is 0 Å². The minimum atomic E-state index is -1.11. The number of hydrogen-bond acceptors (Lipinski definition) is 8. The Morgan fingerprint density at radius 1 is 1.61 bits per heavy atom. The molecule has 23 heavy (non-hydrogen) atoms. The first-order valence-corrected chi connectivity index (χ1v) is 6.81. The van der Waals surface area contributed by atoms with Gasteiger partial charge in [-0.15, -0.1) is 0 Å². The molecule has 0 radical (unpaired) electrons. The summed E-state index contributed by atoms with van der Waals surface area (Å²) in [5.74, 6) is 2.48. The van der Waals surface area contributed by atoms with E-state index < -0.39 is 36.7 Å². The van der Waals surface area contributed by atoms with Crippen molar-refractivity contribution in [3.05, 3.63) is 16.7 Å². The van der Waals surface area contributed by atoms with Crippen LogP contribution >= 0.6 is 0 Å². The molecule has 0 unspecified atom stereocenters. The van der Waals surface area contributed by atoms with Gasteiger partial charge in [0.25, 0.3) is 5.56 Å². The zero-order valence-electron chi connectivity index (χ0n) is 12.1. The van der Waals surface area contributed by atoms with Gasteiger partial charge < -0.3 is 25.4 Å². The van der Waals surface area contributed by atoms with Gasteiger partial charge in [-0.3, -0.25) is 14.3 Å². The molecule has 0 aromatic carbocycles. The number of aromatic amines is 1. The number of nitrogens with two attached hydrogens (primary N) is 1. The van der Waals surface area contributed by atoms with Crippen molar-refractivity contribution in [1.29, 1.82) is 0 Å². The van der Waals surface area contributed by atoms with Gasteiger partial charge in [0.05, 0.1) is 12.9 Å². The predicted molar refractivity (Wildman–Crippen MR) is 77.9 cm³/mol. The molecule has 10 heteroatoms. The molecular weight excluding hydrogens is 306 g/mol. The van der Waals surface area contributed by atoms with Gasteiger partial charge in [-0.25, -0.2) is 4.98 Å². The van der Waals surface area contributed by atoms with E-state index in [-0.39, 0.29) is 17.1 Å². The second-order valence-electron chi connectivity index (χ2n) is 4.95. The summed E-state index contributed by atoms with van der Waals surface area (Å²) in [7, 11) is 0. The molecule has 0 aliphatic carbocycles. The lowest BCUT2D eigenvalue weighted by atomic mass is 10.1. The van der Waals surface area contributed by atoms with Crippen LogP contribution in [0.5, 0.6) is 0 Å². The molecule has 122 valence electrons. The Labute approximate surface area is 129 Å². The van der Waals surface area contributed by atoms with Crippen LogP contribution in [0, 0.1) is 12.0 Å². The number of nitrogens with zero attached hydrogens (tertiary/aromatic N) is 3. The van der Waals surface area contributed by atoms with Crippen LogP contribution in [0.25, 0.3) is 11.2 Å². The number of nitrogens with one attached hydrogen (secondary N) is 1. The molecule has 2 aromatic rings. The van der Waals surface area contributed by atoms with E-state index in [2.05, 4.69) is 27.0 Å². The van der Waals surface area contributed by atoms with Crippen molar-refractivity contribution in [2.45, 2.75) is 31.5 Å². The van der Waals surface area contributed by atoms with E-state index >= 15 is 0 Å². The fourth-order valence-electron chi connectivity index (χ4n) is 2.48. The number of aromatic nitrogens is 4. The molecule has 5 N–H and O–H groups in total. The highest BCUT2D eigenvalue weighted by atomic mass is 16.6. The van der Waals surface area contributed by atoms with E-state index in [1.165, 1.54) is 10.9 Å². The second kappa shape index (κ2) is 5.88. The highest BCUT2D eigenvalue weighted by Gasteiger charge is 2.46. The molecule has 0 amide bonds. The lowest BCUT2D eigenvalue weighted by molar-refractivity contribution is -0.0510. The first-order chi connectivity index (χ1) is 11.1. The van der Waals surface area contributed by atoms with Crippen LogP contribution in [0.3, 0.4) is 0 Å². The summed E-state index contributed by atoms with van der Waals surface area (Å²) in [6.07, 6.45) is 0.00989. The number of ether oxygens (including phenoxy) is 2. The number of aliphatic hydroxyl groups is 2. The number of fused-ring (bicyclic) bond motifs is 1. The van der Waals surface area contributed by atoms with Crippen molar-refractivity contribution < 1.29 is 19.7 Å². The first kappa shape index (κ1) is 15.3.